The van der Waals surface area contributed by atoms with Gasteiger partial charge >= 0.3 is 0 Å². The maximum Gasteiger partial charge on any atom is 0.133 e. The molecule has 68 valence electrons. The summed E-state index contributed by atoms with van der Waals surface area (Å²) in [5, 5.41) is 8.12. The van der Waals surface area contributed by atoms with E-state index in [0.29, 0.717) is 0 Å². The van der Waals surface area contributed by atoms with Gasteiger partial charge in [0, 0.05) is 5.39 Å². The van der Waals surface area contributed by atoms with Crippen LogP contribution in [0, 0.1) is 3.70 Å². The van der Waals surface area contributed by atoms with Gasteiger partial charge in [-0.25, -0.2) is 0 Å². The largest absolute Gasteiger partial charge is 0.496 e. The fraction of sp³-hybridized carbons (Fsp3) is 0.125. The molecule has 3 nitrogen and oxygen atoms in total. The Morgan fingerprint density at radius 1 is 1.54 bits per heavy atom. The van der Waals surface area contributed by atoms with Crippen LogP contribution >= 0.6 is 38.5 Å². The highest BCUT2D eigenvalue weighted by molar-refractivity contribution is 14.1. The van der Waals surface area contributed by atoms with Crippen molar-refractivity contribution in [3.63, 3.8) is 0 Å². The summed E-state index contributed by atoms with van der Waals surface area (Å²) in [7, 11) is 1.65. The lowest BCUT2D eigenvalue weighted by molar-refractivity contribution is 0.413. The van der Waals surface area contributed by atoms with Crippen molar-refractivity contribution in [2.75, 3.05) is 7.11 Å². The second-order valence-electron chi connectivity index (χ2n) is 2.55. The molecular formula is C8H6BrIN2O. The van der Waals surface area contributed by atoms with Gasteiger partial charge in [0.1, 0.15) is 9.45 Å². The van der Waals surface area contributed by atoms with Crippen molar-refractivity contribution in [3.8, 4) is 5.75 Å². The Morgan fingerprint density at radius 3 is 3.00 bits per heavy atom. The van der Waals surface area contributed by atoms with Crippen LogP contribution in [0.15, 0.2) is 16.6 Å². The molecule has 0 radical (unpaired) electrons. The number of methoxy groups -OCH3 is 1. The van der Waals surface area contributed by atoms with Crippen molar-refractivity contribution in [2.45, 2.75) is 0 Å². The number of halogens is 2. The normalized spacial score (nSPS) is 10.7. The molecule has 0 aliphatic heterocycles. The number of H-pyrrole nitrogens is 1. The number of nitrogens with zero attached hydrogens (tertiary/aromatic N) is 1. The van der Waals surface area contributed by atoms with Crippen LogP contribution in [0.2, 0.25) is 0 Å². The van der Waals surface area contributed by atoms with E-state index in [1.165, 1.54) is 0 Å². The van der Waals surface area contributed by atoms with Gasteiger partial charge in [-0.2, -0.15) is 5.10 Å². The lowest BCUT2D eigenvalue weighted by Crippen LogP contribution is -1.84. The number of ether oxygens (including phenoxy) is 1. The Balaban J connectivity index is 2.77. The van der Waals surface area contributed by atoms with E-state index >= 15 is 0 Å². The van der Waals surface area contributed by atoms with E-state index in [9.17, 15) is 0 Å². The molecule has 2 rings (SSSR count). The highest BCUT2D eigenvalue weighted by atomic mass is 127. The molecule has 0 unspecified atom stereocenters. The first-order valence-corrected chi connectivity index (χ1v) is 5.46. The number of fused-ring (bicyclic) bond motifs is 1. The van der Waals surface area contributed by atoms with Gasteiger partial charge in [0.05, 0.1) is 17.1 Å². The predicted molar refractivity (Wildman–Crippen MR) is 63.1 cm³/mol. The van der Waals surface area contributed by atoms with E-state index in [0.717, 1.165) is 24.8 Å². The Kier molecular flexibility index (Phi) is 2.46. The summed E-state index contributed by atoms with van der Waals surface area (Å²) in [4.78, 5) is 0. The van der Waals surface area contributed by atoms with E-state index in [1.54, 1.807) is 7.11 Å². The summed E-state index contributed by atoms with van der Waals surface area (Å²) in [5.41, 5.74) is 1.01. The Hall–Kier alpha value is -0.300. The molecule has 0 atom stereocenters. The van der Waals surface area contributed by atoms with Gasteiger partial charge in [0.15, 0.2) is 0 Å². The quantitative estimate of drug-likeness (QED) is 0.801. The standard InChI is InChI=1S/C8H6BrIN2O/c1-13-7-2-4-6(3-5(7)9)11-12-8(4)10/h2-3H,1H3,(H,11,12). The predicted octanol–water partition coefficient (Wildman–Crippen LogP) is 2.94. The maximum atomic E-state index is 5.19. The van der Waals surface area contributed by atoms with Gasteiger partial charge < -0.3 is 4.74 Å². The molecule has 13 heavy (non-hydrogen) atoms. The van der Waals surface area contributed by atoms with Crippen LogP contribution in [-0.4, -0.2) is 17.3 Å². The molecule has 1 aromatic heterocycles. The number of hydrogen-bond donors (Lipinski definition) is 1. The minimum Gasteiger partial charge on any atom is -0.496 e. The van der Waals surface area contributed by atoms with Gasteiger partial charge in [0.25, 0.3) is 0 Å². The van der Waals surface area contributed by atoms with Crippen LogP contribution in [0.25, 0.3) is 10.9 Å². The van der Waals surface area contributed by atoms with Crippen molar-refractivity contribution in [1.29, 1.82) is 0 Å². The summed E-state index contributed by atoms with van der Waals surface area (Å²) in [6, 6.07) is 3.92. The van der Waals surface area contributed by atoms with Crippen LogP contribution in [-0.2, 0) is 0 Å². The van der Waals surface area contributed by atoms with E-state index in [-0.39, 0.29) is 0 Å². The average Bonchev–Trinajstić information content (AvgIpc) is 2.46. The summed E-state index contributed by atoms with van der Waals surface area (Å²) < 4.78 is 7.08. The molecule has 0 saturated carbocycles. The van der Waals surface area contributed by atoms with Crippen LogP contribution in [0.5, 0.6) is 5.75 Å². The first-order valence-electron chi connectivity index (χ1n) is 3.59. The zero-order valence-corrected chi connectivity index (χ0v) is 10.5. The fourth-order valence-corrected chi connectivity index (χ4v) is 2.21. The summed E-state index contributed by atoms with van der Waals surface area (Å²) in [6.45, 7) is 0. The fourth-order valence-electron chi connectivity index (χ4n) is 1.14. The lowest BCUT2D eigenvalue weighted by Gasteiger charge is -2.02. The van der Waals surface area contributed by atoms with Gasteiger partial charge in [-0.05, 0) is 50.7 Å². The second-order valence-corrected chi connectivity index (χ2v) is 4.42. The zero-order valence-electron chi connectivity index (χ0n) is 6.77. The molecule has 1 aromatic carbocycles. The van der Waals surface area contributed by atoms with Crippen molar-refractivity contribution in [1.82, 2.24) is 10.2 Å². The summed E-state index contributed by atoms with van der Waals surface area (Å²) >= 11 is 5.60. The third-order valence-electron chi connectivity index (χ3n) is 1.79. The lowest BCUT2D eigenvalue weighted by atomic mass is 10.2. The third-order valence-corrected chi connectivity index (χ3v) is 3.23. The number of aromatic amines is 1. The second kappa shape index (κ2) is 3.45. The van der Waals surface area contributed by atoms with Gasteiger partial charge in [-0.15, -0.1) is 0 Å². The molecule has 0 fully saturated rings. The van der Waals surface area contributed by atoms with Crippen LogP contribution < -0.4 is 4.74 Å². The first-order chi connectivity index (χ1) is 6.22. The topological polar surface area (TPSA) is 37.9 Å². The number of hydrogen-bond acceptors (Lipinski definition) is 2. The van der Waals surface area contributed by atoms with E-state index < -0.39 is 0 Å². The maximum absolute atomic E-state index is 5.19. The molecule has 0 spiro atoms. The molecule has 0 aliphatic carbocycles. The Morgan fingerprint density at radius 2 is 2.31 bits per heavy atom. The van der Waals surface area contributed by atoms with Crippen LogP contribution in [0.1, 0.15) is 0 Å². The molecule has 5 heteroatoms. The molecular weight excluding hydrogens is 347 g/mol. The van der Waals surface area contributed by atoms with Gasteiger partial charge in [-0.1, -0.05) is 0 Å². The minimum absolute atomic E-state index is 0.826. The van der Waals surface area contributed by atoms with E-state index in [2.05, 4.69) is 48.7 Å². The van der Waals surface area contributed by atoms with Crippen LogP contribution in [0.4, 0.5) is 0 Å². The Bertz CT molecular complexity index is 455. The molecule has 0 bridgehead atoms. The SMILES string of the molecule is COc1cc2c(I)n[nH]c2cc1Br. The smallest absolute Gasteiger partial charge is 0.133 e. The number of benzene rings is 1. The average molecular weight is 353 g/mol. The Labute approximate surface area is 97.1 Å². The number of aromatic nitrogens is 2. The van der Waals surface area contributed by atoms with E-state index in [1.807, 2.05) is 12.1 Å². The van der Waals surface area contributed by atoms with Gasteiger partial charge in [-0.3, -0.25) is 5.10 Å². The number of nitrogens with one attached hydrogen (secondary N) is 1. The highest BCUT2D eigenvalue weighted by Gasteiger charge is 2.07. The third kappa shape index (κ3) is 1.54. The van der Waals surface area contributed by atoms with Crippen molar-refractivity contribution >= 4 is 49.4 Å². The van der Waals surface area contributed by atoms with Crippen molar-refractivity contribution < 1.29 is 4.74 Å². The van der Waals surface area contributed by atoms with Gasteiger partial charge in [0.2, 0.25) is 0 Å². The molecule has 1 N–H and O–H groups in total. The molecule has 2 aromatic rings. The van der Waals surface area contributed by atoms with E-state index in [4.69, 9.17) is 4.74 Å². The highest BCUT2D eigenvalue weighted by Crippen LogP contribution is 2.30. The van der Waals surface area contributed by atoms with Crippen LogP contribution in [0.3, 0.4) is 0 Å². The number of rotatable bonds is 1. The zero-order chi connectivity index (χ0) is 9.42. The summed E-state index contributed by atoms with van der Waals surface area (Å²) in [5.74, 6) is 0.826. The molecule has 0 aliphatic rings. The summed E-state index contributed by atoms with van der Waals surface area (Å²) in [6.07, 6.45) is 0. The molecule has 0 amide bonds. The molecule has 1 heterocycles. The minimum atomic E-state index is 0.826. The monoisotopic (exact) mass is 352 g/mol. The van der Waals surface area contributed by atoms with Crippen molar-refractivity contribution in [3.05, 3.63) is 20.3 Å². The van der Waals surface area contributed by atoms with Crippen molar-refractivity contribution in [2.24, 2.45) is 0 Å². The molecule has 0 saturated heterocycles. The first kappa shape index (κ1) is 9.26.